The Morgan fingerprint density at radius 1 is 1.33 bits per heavy atom. The van der Waals surface area contributed by atoms with Crippen molar-refractivity contribution >= 4 is 6.09 Å². The van der Waals surface area contributed by atoms with Gasteiger partial charge in [-0.15, -0.1) is 0 Å². The molecular formula is C10H18F3N3O2. The molecule has 0 radical (unpaired) electrons. The first-order valence-corrected chi connectivity index (χ1v) is 5.67. The van der Waals surface area contributed by atoms with Gasteiger partial charge in [-0.05, 0) is 13.8 Å². The number of nitrogens with zero attached hydrogens (tertiary/aromatic N) is 1. The maximum atomic E-state index is 13.2. The third kappa shape index (κ3) is 3.74. The van der Waals surface area contributed by atoms with Crippen molar-refractivity contribution in [3.63, 3.8) is 0 Å². The van der Waals surface area contributed by atoms with Gasteiger partial charge in [-0.2, -0.15) is 13.2 Å². The second-order valence-corrected chi connectivity index (χ2v) is 4.88. The molecule has 3 N–H and O–H groups in total. The van der Waals surface area contributed by atoms with E-state index in [9.17, 15) is 18.0 Å². The molecule has 1 aliphatic rings. The Labute approximate surface area is 103 Å². The summed E-state index contributed by atoms with van der Waals surface area (Å²) in [4.78, 5) is 11.9. The average Bonchev–Trinajstić information content (AvgIpc) is 2.13. The maximum Gasteiger partial charge on any atom is 0.406 e. The summed E-state index contributed by atoms with van der Waals surface area (Å²) < 4.78 is 39.5. The number of rotatable bonds is 3. The molecule has 1 fully saturated rings. The molecule has 0 spiro atoms. The molecule has 0 saturated carbocycles. The van der Waals surface area contributed by atoms with Gasteiger partial charge in [0.1, 0.15) is 6.04 Å². The van der Waals surface area contributed by atoms with Crippen molar-refractivity contribution in [1.29, 1.82) is 0 Å². The van der Waals surface area contributed by atoms with Crippen LogP contribution in [0.5, 0.6) is 0 Å². The topological polar surface area (TPSA) is 64.6 Å². The number of alkyl halides is 3. The molecule has 0 aromatic rings. The minimum absolute atomic E-state index is 0.245. The molecule has 18 heavy (non-hydrogen) atoms. The molecule has 0 aromatic heterocycles. The molecule has 0 aromatic carbocycles. The van der Waals surface area contributed by atoms with E-state index in [0.29, 0.717) is 13.1 Å². The number of hydrogen-bond acceptors (Lipinski definition) is 3. The standard InChI is InChI=1S/C10H18F3N3O2/c1-9(2,15-8(17)18)7(10(11,12)13)16-5-3-14-4-6-16/h7,14-15H,3-6H2,1-2H3,(H,17,18). The molecule has 1 amide bonds. The van der Waals surface area contributed by atoms with E-state index in [2.05, 4.69) is 5.32 Å². The lowest BCUT2D eigenvalue weighted by Gasteiger charge is -2.44. The van der Waals surface area contributed by atoms with Crippen molar-refractivity contribution in [1.82, 2.24) is 15.5 Å². The van der Waals surface area contributed by atoms with Crippen molar-refractivity contribution in [3.05, 3.63) is 0 Å². The van der Waals surface area contributed by atoms with Crippen LogP contribution in [0.4, 0.5) is 18.0 Å². The average molecular weight is 269 g/mol. The van der Waals surface area contributed by atoms with Crippen LogP contribution in [-0.4, -0.2) is 60.0 Å². The van der Waals surface area contributed by atoms with E-state index in [1.165, 1.54) is 18.7 Å². The van der Waals surface area contributed by atoms with Gasteiger partial charge >= 0.3 is 12.3 Å². The SMILES string of the molecule is CC(C)(NC(=O)O)C(N1CCNCC1)C(F)(F)F. The van der Waals surface area contributed by atoms with E-state index >= 15 is 0 Å². The molecule has 1 heterocycles. The van der Waals surface area contributed by atoms with E-state index in [1.54, 1.807) is 0 Å². The minimum Gasteiger partial charge on any atom is -0.465 e. The van der Waals surface area contributed by atoms with Crippen LogP contribution in [0.3, 0.4) is 0 Å². The van der Waals surface area contributed by atoms with Gasteiger partial charge in [-0.3, -0.25) is 4.90 Å². The Balaban J connectivity index is 2.93. The number of hydrogen-bond donors (Lipinski definition) is 3. The molecule has 8 heteroatoms. The molecular weight excluding hydrogens is 251 g/mol. The summed E-state index contributed by atoms with van der Waals surface area (Å²) in [6.07, 6.45) is -5.94. The molecule has 1 unspecified atom stereocenters. The van der Waals surface area contributed by atoms with Gasteiger partial charge in [-0.1, -0.05) is 0 Å². The van der Waals surface area contributed by atoms with Gasteiger partial charge in [0.25, 0.3) is 0 Å². The molecule has 106 valence electrons. The van der Waals surface area contributed by atoms with Crippen LogP contribution in [0.15, 0.2) is 0 Å². The summed E-state index contributed by atoms with van der Waals surface area (Å²) in [5.74, 6) is 0. The van der Waals surface area contributed by atoms with Crippen LogP contribution in [0.25, 0.3) is 0 Å². The highest BCUT2D eigenvalue weighted by Crippen LogP contribution is 2.32. The summed E-state index contributed by atoms with van der Waals surface area (Å²) in [5.41, 5.74) is -1.60. The molecule has 1 saturated heterocycles. The number of halogens is 3. The third-order valence-corrected chi connectivity index (χ3v) is 2.94. The molecule has 0 bridgehead atoms. The van der Waals surface area contributed by atoms with E-state index in [0.717, 1.165) is 0 Å². The fraction of sp³-hybridized carbons (Fsp3) is 0.900. The summed E-state index contributed by atoms with van der Waals surface area (Å²) >= 11 is 0. The number of carbonyl (C=O) groups is 1. The fourth-order valence-electron chi connectivity index (χ4n) is 2.36. The first kappa shape index (κ1) is 15.0. The second-order valence-electron chi connectivity index (χ2n) is 4.88. The summed E-state index contributed by atoms with van der Waals surface area (Å²) in [7, 11) is 0. The fourth-order valence-corrected chi connectivity index (χ4v) is 2.36. The highest BCUT2D eigenvalue weighted by atomic mass is 19.4. The van der Waals surface area contributed by atoms with E-state index < -0.39 is 23.9 Å². The quantitative estimate of drug-likeness (QED) is 0.711. The van der Waals surface area contributed by atoms with Gasteiger partial charge < -0.3 is 15.7 Å². The Morgan fingerprint density at radius 3 is 2.22 bits per heavy atom. The van der Waals surface area contributed by atoms with Gasteiger partial charge in [0.15, 0.2) is 0 Å². The summed E-state index contributed by atoms with van der Waals surface area (Å²) in [5, 5.41) is 13.6. The molecule has 5 nitrogen and oxygen atoms in total. The predicted octanol–water partition coefficient (Wildman–Crippen LogP) is 0.869. The maximum absolute atomic E-state index is 13.2. The highest BCUT2D eigenvalue weighted by molar-refractivity contribution is 5.65. The van der Waals surface area contributed by atoms with Gasteiger partial charge in [0.2, 0.25) is 0 Å². The van der Waals surface area contributed by atoms with Crippen molar-refractivity contribution in [2.45, 2.75) is 31.6 Å². The first-order chi connectivity index (χ1) is 8.14. The minimum atomic E-state index is -4.48. The molecule has 0 aliphatic carbocycles. The van der Waals surface area contributed by atoms with Crippen molar-refractivity contribution < 1.29 is 23.1 Å². The normalized spacial score (nSPS) is 20.5. The number of carboxylic acid groups (broad SMARTS) is 1. The van der Waals surface area contributed by atoms with Crippen LogP contribution in [0.2, 0.25) is 0 Å². The summed E-state index contributed by atoms with van der Waals surface area (Å²) in [6.45, 7) is 3.93. The van der Waals surface area contributed by atoms with Crippen LogP contribution in [0.1, 0.15) is 13.8 Å². The Bertz CT molecular complexity index is 301. The van der Waals surface area contributed by atoms with Gasteiger partial charge in [0, 0.05) is 26.2 Å². The number of amides is 1. The van der Waals surface area contributed by atoms with Crippen LogP contribution in [0, 0.1) is 0 Å². The smallest absolute Gasteiger partial charge is 0.406 e. The van der Waals surface area contributed by atoms with Crippen molar-refractivity contribution in [2.75, 3.05) is 26.2 Å². The predicted molar refractivity (Wildman–Crippen MR) is 59.5 cm³/mol. The number of piperazine rings is 1. The van der Waals surface area contributed by atoms with Crippen LogP contribution < -0.4 is 10.6 Å². The van der Waals surface area contributed by atoms with E-state index in [1.807, 2.05) is 5.32 Å². The first-order valence-electron chi connectivity index (χ1n) is 5.67. The van der Waals surface area contributed by atoms with Gasteiger partial charge in [0.05, 0.1) is 5.54 Å². The van der Waals surface area contributed by atoms with Crippen LogP contribution >= 0.6 is 0 Å². The monoisotopic (exact) mass is 269 g/mol. The lowest BCUT2D eigenvalue weighted by Crippen LogP contribution is -2.66. The van der Waals surface area contributed by atoms with Crippen molar-refractivity contribution in [3.8, 4) is 0 Å². The second kappa shape index (κ2) is 5.31. The largest absolute Gasteiger partial charge is 0.465 e. The van der Waals surface area contributed by atoms with Crippen molar-refractivity contribution in [2.24, 2.45) is 0 Å². The highest BCUT2D eigenvalue weighted by Gasteiger charge is 2.53. The van der Waals surface area contributed by atoms with Gasteiger partial charge in [-0.25, -0.2) is 4.79 Å². The zero-order valence-electron chi connectivity index (χ0n) is 10.3. The lowest BCUT2D eigenvalue weighted by atomic mass is 9.92. The Morgan fingerprint density at radius 2 is 1.83 bits per heavy atom. The Hall–Kier alpha value is -1.02. The molecule has 1 aliphatic heterocycles. The molecule has 1 atom stereocenters. The summed E-state index contributed by atoms with van der Waals surface area (Å²) in [6, 6.07) is -1.83. The van der Waals surface area contributed by atoms with Crippen LogP contribution in [-0.2, 0) is 0 Å². The van der Waals surface area contributed by atoms with E-state index in [-0.39, 0.29) is 13.1 Å². The molecule has 1 rings (SSSR count). The lowest BCUT2D eigenvalue weighted by molar-refractivity contribution is -0.202. The zero-order valence-corrected chi connectivity index (χ0v) is 10.3. The third-order valence-electron chi connectivity index (χ3n) is 2.94. The zero-order chi connectivity index (χ0) is 14.0. The van der Waals surface area contributed by atoms with E-state index in [4.69, 9.17) is 5.11 Å². The number of nitrogens with one attached hydrogen (secondary N) is 2. The Kier molecular flexibility index (Phi) is 4.44.